The lowest BCUT2D eigenvalue weighted by atomic mass is 10.4. The van der Waals surface area contributed by atoms with Crippen LogP contribution in [0.2, 0.25) is 0 Å². The Morgan fingerprint density at radius 3 is 2.56 bits per heavy atom. The van der Waals surface area contributed by atoms with Crippen molar-refractivity contribution in [3.05, 3.63) is 15.8 Å². The van der Waals surface area contributed by atoms with Gasteiger partial charge in [-0.15, -0.1) is 11.3 Å². The summed E-state index contributed by atoms with van der Waals surface area (Å²) in [7, 11) is -4.33. The normalized spacial score (nSPS) is 19.2. The molecule has 1 saturated heterocycles. The standard InChI is InChI=1S/C10H16N2O3S3/c1-8-10(6-9(7-11)16-8)18(14,15)12-2-4-17(13)5-3-12/h6H,2-5,7,11H2,1H3. The lowest BCUT2D eigenvalue weighted by molar-refractivity contribution is 0.438. The molecule has 0 aliphatic carbocycles. The van der Waals surface area contributed by atoms with Crippen LogP contribution in [-0.4, -0.2) is 41.5 Å². The minimum Gasteiger partial charge on any atom is -0.326 e. The van der Waals surface area contributed by atoms with Crippen LogP contribution in [0.4, 0.5) is 0 Å². The van der Waals surface area contributed by atoms with E-state index in [1.165, 1.54) is 15.6 Å². The van der Waals surface area contributed by atoms with Crippen molar-refractivity contribution in [3.8, 4) is 0 Å². The van der Waals surface area contributed by atoms with Crippen LogP contribution in [0.15, 0.2) is 11.0 Å². The molecule has 0 atom stereocenters. The molecule has 1 aromatic rings. The Kier molecular flexibility index (Phi) is 4.22. The zero-order valence-corrected chi connectivity index (χ0v) is 12.5. The van der Waals surface area contributed by atoms with Crippen LogP contribution >= 0.6 is 11.3 Å². The van der Waals surface area contributed by atoms with Gasteiger partial charge in [0.05, 0.1) is 4.90 Å². The minimum absolute atomic E-state index is 0.336. The fraction of sp³-hybridized carbons (Fsp3) is 0.600. The Bertz CT molecular complexity index is 555. The van der Waals surface area contributed by atoms with Crippen LogP contribution in [0.5, 0.6) is 0 Å². The summed E-state index contributed by atoms with van der Waals surface area (Å²) in [5.41, 5.74) is 5.53. The van der Waals surface area contributed by atoms with Crippen molar-refractivity contribution < 1.29 is 12.6 Å². The lowest BCUT2D eigenvalue weighted by Gasteiger charge is -2.25. The largest absolute Gasteiger partial charge is 0.326 e. The second kappa shape index (κ2) is 5.38. The summed E-state index contributed by atoms with van der Waals surface area (Å²) in [5, 5.41) is 0. The van der Waals surface area contributed by atoms with Crippen molar-refractivity contribution in [3.63, 3.8) is 0 Å². The number of nitrogens with zero attached hydrogens (tertiary/aromatic N) is 1. The van der Waals surface area contributed by atoms with Gasteiger partial charge in [0, 0.05) is 51.7 Å². The van der Waals surface area contributed by atoms with Crippen LogP contribution in [0.3, 0.4) is 0 Å². The molecule has 2 heterocycles. The predicted molar refractivity (Wildman–Crippen MR) is 73.6 cm³/mol. The molecular weight excluding hydrogens is 292 g/mol. The maximum absolute atomic E-state index is 12.4. The number of sulfonamides is 1. The molecule has 1 fully saturated rings. The Hall–Kier alpha value is -0.280. The number of rotatable bonds is 3. The van der Waals surface area contributed by atoms with E-state index in [2.05, 4.69) is 0 Å². The van der Waals surface area contributed by atoms with Crippen LogP contribution in [0.1, 0.15) is 9.75 Å². The molecule has 0 spiro atoms. The Morgan fingerprint density at radius 1 is 1.44 bits per heavy atom. The third kappa shape index (κ3) is 2.67. The molecule has 5 nitrogen and oxygen atoms in total. The average Bonchev–Trinajstić information content (AvgIpc) is 2.72. The zero-order chi connectivity index (χ0) is 13.3. The van der Waals surface area contributed by atoms with Crippen molar-refractivity contribution >= 4 is 32.2 Å². The highest BCUT2D eigenvalue weighted by atomic mass is 32.2. The smallest absolute Gasteiger partial charge is 0.244 e. The van der Waals surface area contributed by atoms with Crippen molar-refractivity contribution in [2.75, 3.05) is 24.6 Å². The fourth-order valence-corrected chi connectivity index (χ4v) is 6.09. The molecule has 102 valence electrons. The summed E-state index contributed by atoms with van der Waals surface area (Å²) < 4.78 is 37.6. The van der Waals surface area contributed by atoms with Crippen LogP contribution in [0, 0.1) is 6.92 Å². The van der Waals surface area contributed by atoms with Gasteiger partial charge in [0.2, 0.25) is 10.0 Å². The third-order valence-corrected chi connectivity index (χ3v) is 7.38. The maximum Gasteiger partial charge on any atom is 0.244 e. The van der Waals surface area contributed by atoms with Crippen LogP contribution in [-0.2, 0) is 27.4 Å². The highest BCUT2D eigenvalue weighted by Gasteiger charge is 2.30. The Balaban J connectivity index is 2.30. The number of hydrogen-bond donors (Lipinski definition) is 1. The molecule has 0 unspecified atom stereocenters. The Morgan fingerprint density at radius 2 is 2.06 bits per heavy atom. The molecule has 2 rings (SSSR count). The van der Waals surface area contributed by atoms with Crippen LogP contribution in [0.25, 0.3) is 0 Å². The second-order valence-corrected chi connectivity index (χ2v) is 9.03. The zero-order valence-electron chi connectivity index (χ0n) is 10.1. The van der Waals surface area contributed by atoms with Gasteiger partial charge in [-0.3, -0.25) is 4.21 Å². The van der Waals surface area contributed by atoms with E-state index in [0.717, 1.165) is 9.75 Å². The van der Waals surface area contributed by atoms with Crippen LogP contribution < -0.4 is 5.73 Å². The molecule has 0 bridgehead atoms. The van der Waals surface area contributed by atoms with E-state index in [1.54, 1.807) is 13.0 Å². The van der Waals surface area contributed by atoms with Gasteiger partial charge in [0.1, 0.15) is 0 Å². The number of nitrogens with two attached hydrogens (primary N) is 1. The molecule has 0 amide bonds. The maximum atomic E-state index is 12.4. The second-order valence-electron chi connectivity index (χ2n) is 4.09. The summed E-state index contributed by atoms with van der Waals surface area (Å²) in [6, 6.07) is 1.65. The minimum atomic E-state index is -3.45. The summed E-state index contributed by atoms with van der Waals surface area (Å²) in [5.74, 6) is 0.846. The van der Waals surface area contributed by atoms with E-state index in [1.807, 2.05) is 0 Å². The lowest BCUT2D eigenvalue weighted by Crippen LogP contribution is -2.41. The third-order valence-electron chi connectivity index (χ3n) is 2.88. The van der Waals surface area contributed by atoms with Gasteiger partial charge >= 0.3 is 0 Å². The SMILES string of the molecule is Cc1sc(CN)cc1S(=O)(=O)N1CCS(=O)CC1. The molecule has 1 aliphatic heterocycles. The molecule has 2 N–H and O–H groups in total. The van der Waals surface area contributed by atoms with Gasteiger partial charge in [-0.05, 0) is 13.0 Å². The summed E-state index contributed by atoms with van der Waals surface area (Å²) in [6.07, 6.45) is 0. The number of aryl methyl sites for hydroxylation is 1. The fourth-order valence-electron chi connectivity index (χ4n) is 1.88. The van der Waals surface area contributed by atoms with E-state index < -0.39 is 20.8 Å². The first-order chi connectivity index (χ1) is 8.45. The van der Waals surface area contributed by atoms with Crippen molar-refractivity contribution in [1.29, 1.82) is 0 Å². The van der Waals surface area contributed by atoms with E-state index in [-0.39, 0.29) is 0 Å². The first-order valence-electron chi connectivity index (χ1n) is 5.59. The predicted octanol–water partition coefficient (Wildman–Crippen LogP) is 0.268. The van der Waals surface area contributed by atoms with Crippen molar-refractivity contribution in [2.24, 2.45) is 5.73 Å². The summed E-state index contributed by atoms with van der Waals surface area (Å²) >= 11 is 1.41. The molecule has 1 aliphatic rings. The monoisotopic (exact) mass is 308 g/mol. The molecular formula is C10H16N2O3S3. The highest BCUT2D eigenvalue weighted by Crippen LogP contribution is 2.28. The molecule has 8 heteroatoms. The van der Waals surface area contributed by atoms with Crippen molar-refractivity contribution in [1.82, 2.24) is 4.31 Å². The van der Waals surface area contributed by atoms with E-state index in [4.69, 9.17) is 5.73 Å². The Labute approximate surface area is 113 Å². The quantitative estimate of drug-likeness (QED) is 0.869. The molecule has 0 radical (unpaired) electrons. The van der Waals surface area contributed by atoms with E-state index >= 15 is 0 Å². The molecule has 18 heavy (non-hydrogen) atoms. The van der Waals surface area contributed by atoms with Gasteiger partial charge in [0.15, 0.2) is 0 Å². The first kappa shape index (κ1) is 14.1. The molecule has 0 aromatic carbocycles. The van der Waals surface area contributed by atoms with Gasteiger partial charge in [0.25, 0.3) is 0 Å². The van der Waals surface area contributed by atoms with Crippen molar-refractivity contribution in [2.45, 2.75) is 18.4 Å². The number of hydrogen-bond acceptors (Lipinski definition) is 5. The molecule has 1 aromatic heterocycles. The van der Waals surface area contributed by atoms with E-state index in [0.29, 0.717) is 36.0 Å². The topological polar surface area (TPSA) is 80.5 Å². The average molecular weight is 308 g/mol. The van der Waals surface area contributed by atoms with Gasteiger partial charge in [-0.1, -0.05) is 0 Å². The summed E-state index contributed by atoms with van der Waals surface area (Å²) in [6.45, 7) is 2.81. The van der Waals surface area contributed by atoms with Gasteiger partial charge < -0.3 is 5.73 Å². The van der Waals surface area contributed by atoms with E-state index in [9.17, 15) is 12.6 Å². The number of thiophene rings is 1. The molecule has 0 saturated carbocycles. The summed E-state index contributed by atoms with van der Waals surface area (Å²) in [4.78, 5) is 1.98. The first-order valence-corrected chi connectivity index (χ1v) is 9.34. The van der Waals surface area contributed by atoms with Gasteiger partial charge in [-0.25, -0.2) is 8.42 Å². The highest BCUT2D eigenvalue weighted by molar-refractivity contribution is 7.89. The van der Waals surface area contributed by atoms with Gasteiger partial charge in [-0.2, -0.15) is 4.31 Å².